The Kier molecular flexibility index (Phi) is 4.23. The van der Waals surface area contributed by atoms with E-state index in [1.165, 1.54) is 12.5 Å². The van der Waals surface area contributed by atoms with Crippen LogP contribution in [0.4, 0.5) is 0 Å². The highest BCUT2D eigenvalue weighted by molar-refractivity contribution is 5.97. The van der Waals surface area contributed by atoms with Crippen molar-refractivity contribution in [2.24, 2.45) is 11.8 Å². The Bertz CT molecular complexity index is 563. The topological polar surface area (TPSA) is 66.4 Å². The molecule has 106 valence electrons. The van der Waals surface area contributed by atoms with Gasteiger partial charge in [0.2, 0.25) is 0 Å². The van der Waals surface area contributed by atoms with Gasteiger partial charge in [-0.2, -0.15) is 0 Å². The number of carboxylic acids is 1. The molecule has 1 fully saturated rings. The smallest absolute Gasteiger partial charge is 0.328 e. The summed E-state index contributed by atoms with van der Waals surface area (Å²) in [5.74, 6) is 0.227. The summed E-state index contributed by atoms with van der Waals surface area (Å²) >= 11 is 0. The van der Waals surface area contributed by atoms with Crippen molar-refractivity contribution in [3.05, 3.63) is 41.0 Å². The number of aliphatic carboxylic acids is 1. The van der Waals surface area contributed by atoms with E-state index in [-0.39, 0.29) is 5.91 Å². The van der Waals surface area contributed by atoms with Crippen molar-refractivity contribution in [1.82, 2.24) is 5.32 Å². The van der Waals surface area contributed by atoms with E-state index >= 15 is 0 Å². The molecule has 2 rings (SSSR count). The zero-order valence-corrected chi connectivity index (χ0v) is 11.7. The van der Waals surface area contributed by atoms with E-state index in [1.807, 2.05) is 6.92 Å². The van der Waals surface area contributed by atoms with Crippen LogP contribution < -0.4 is 5.32 Å². The van der Waals surface area contributed by atoms with Gasteiger partial charge >= 0.3 is 5.97 Å². The Balaban J connectivity index is 2.08. The van der Waals surface area contributed by atoms with Crippen molar-refractivity contribution in [2.45, 2.75) is 20.3 Å². The number of benzene rings is 1. The summed E-state index contributed by atoms with van der Waals surface area (Å²) in [4.78, 5) is 22.7. The van der Waals surface area contributed by atoms with Gasteiger partial charge in [-0.3, -0.25) is 4.79 Å². The molecule has 0 radical (unpaired) electrons. The van der Waals surface area contributed by atoms with E-state index in [0.717, 1.165) is 17.2 Å². The summed E-state index contributed by atoms with van der Waals surface area (Å²) in [6.45, 7) is 4.73. The van der Waals surface area contributed by atoms with Crippen LogP contribution in [0, 0.1) is 18.8 Å². The monoisotopic (exact) mass is 273 g/mol. The average molecular weight is 273 g/mol. The van der Waals surface area contributed by atoms with Crippen LogP contribution in [-0.4, -0.2) is 23.5 Å². The molecule has 0 bridgehead atoms. The molecule has 0 saturated heterocycles. The van der Waals surface area contributed by atoms with Gasteiger partial charge < -0.3 is 10.4 Å². The summed E-state index contributed by atoms with van der Waals surface area (Å²) in [7, 11) is 0. The molecule has 2 unspecified atom stereocenters. The Morgan fingerprint density at radius 2 is 2.15 bits per heavy atom. The zero-order valence-electron chi connectivity index (χ0n) is 11.7. The molecule has 2 N–H and O–H groups in total. The summed E-state index contributed by atoms with van der Waals surface area (Å²) < 4.78 is 0. The van der Waals surface area contributed by atoms with Crippen LogP contribution in [0.5, 0.6) is 0 Å². The lowest BCUT2D eigenvalue weighted by molar-refractivity contribution is -0.131. The highest BCUT2D eigenvalue weighted by atomic mass is 16.4. The quantitative estimate of drug-likeness (QED) is 0.810. The molecule has 1 amide bonds. The van der Waals surface area contributed by atoms with Crippen molar-refractivity contribution in [3.63, 3.8) is 0 Å². The normalized spacial score (nSPS) is 20.9. The molecule has 0 aromatic heterocycles. The summed E-state index contributed by atoms with van der Waals surface area (Å²) in [6, 6.07) is 5.33. The van der Waals surface area contributed by atoms with Gasteiger partial charge in [-0.25, -0.2) is 4.79 Å². The maximum absolute atomic E-state index is 12.1. The van der Waals surface area contributed by atoms with Crippen molar-refractivity contribution < 1.29 is 14.7 Å². The van der Waals surface area contributed by atoms with Gasteiger partial charge in [-0.05, 0) is 48.4 Å². The third-order valence-corrected chi connectivity index (χ3v) is 3.83. The molecule has 0 spiro atoms. The second-order valence-corrected chi connectivity index (χ2v) is 5.37. The van der Waals surface area contributed by atoms with Crippen LogP contribution in [0.3, 0.4) is 0 Å². The van der Waals surface area contributed by atoms with Crippen molar-refractivity contribution in [3.8, 4) is 0 Å². The number of carbonyl (C=O) groups excluding carboxylic acids is 1. The van der Waals surface area contributed by atoms with Gasteiger partial charge in [-0.15, -0.1) is 0 Å². The number of carbonyl (C=O) groups is 2. The van der Waals surface area contributed by atoms with Gasteiger partial charge in [0.05, 0.1) is 0 Å². The molecule has 1 aliphatic rings. The second kappa shape index (κ2) is 5.90. The molecule has 1 saturated carbocycles. The van der Waals surface area contributed by atoms with E-state index in [4.69, 9.17) is 5.11 Å². The van der Waals surface area contributed by atoms with Crippen LogP contribution in [0.1, 0.15) is 34.8 Å². The maximum atomic E-state index is 12.1. The summed E-state index contributed by atoms with van der Waals surface area (Å²) in [5.41, 5.74) is 2.15. The van der Waals surface area contributed by atoms with Gasteiger partial charge in [-0.1, -0.05) is 19.1 Å². The van der Waals surface area contributed by atoms with Crippen molar-refractivity contribution >= 4 is 18.0 Å². The molecular formula is C16H19NO3. The molecule has 1 aromatic carbocycles. The first-order valence-corrected chi connectivity index (χ1v) is 6.78. The minimum Gasteiger partial charge on any atom is -0.478 e. The minimum absolute atomic E-state index is 0.0906. The van der Waals surface area contributed by atoms with E-state index < -0.39 is 5.97 Å². The number of amides is 1. The fourth-order valence-electron chi connectivity index (χ4n) is 2.24. The number of rotatable bonds is 5. The number of hydrogen-bond donors (Lipinski definition) is 2. The Morgan fingerprint density at radius 1 is 1.45 bits per heavy atom. The summed E-state index contributed by atoms with van der Waals surface area (Å²) in [6.07, 6.45) is 3.77. The largest absolute Gasteiger partial charge is 0.478 e. The van der Waals surface area contributed by atoms with Gasteiger partial charge in [0, 0.05) is 18.2 Å². The van der Waals surface area contributed by atoms with E-state index in [0.29, 0.717) is 23.9 Å². The van der Waals surface area contributed by atoms with Crippen LogP contribution in [0.15, 0.2) is 24.3 Å². The predicted octanol–water partition coefficient (Wildman–Crippen LogP) is 2.48. The van der Waals surface area contributed by atoms with Crippen molar-refractivity contribution in [2.75, 3.05) is 6.54 Å². The maximum Gasteiger partial charge on any atom is 0.328 e. The third-order valence-electron chi connectivity index (χ3n) is 3.83. The molecule has 0 heterocycles. The first-order chi connectivity index (χ1) is 9.49. The third kappa shape index (κ3) is 3.47. The molecule has 0 aliphatic heterocycles. The van der Waals surface area contributed by atoms with Crippen LogP contribution >= 0.6 is 0 Å². The lowest BCUT2D eigenvalue weighted by atomic mass is 10.0. The van der Waals surface area contributed by atoms with Gasteiger partial charge in [0.1, 0.15) is 0 Å². The predicted molar refractivity (Wildman–Crippen MR) is 77.5 cm³/mol. The Hall–Kier alpha value is -2.10. The second-order valence-electron chi connectivity index (χ2n) is 5.37. The highest BCUT2D eigenvalue weighted by Gasteiger charge is 2.32. The SMILES string of the molecule is Cc1c(/C=C/C(=O)O)cccc1C(=O)NCC1CC1C. The first kappa shape index (κ1) is 14.3. The van der Waals surface area contributed by atoms with Crippen LogP contribution in [0.25, 0.3) is 6.08 Å². The van der Waals surface area contributed by atoms with Crippen LogP contribution in [-0.2, 0) is 4.79 Å². The molecule has 20 heavy (non-hydrogen) atoms. The zero-order chi connectivity index (χ0) is 14.7. The minimum atomic E-state index is -0.998. The highest BCUT2D eigenvalue weighted by Crippen LogP contribution is 2.36. The standard InChI is InChI=1S/C16H19NO3/c1-10-8-13(10)9-17-16(20)14-5-3-4-12(11(14)2)6-7-15(18)19/h3-7,10,13H,8-9H2,1-2H3,(H,17,20)(H,18,19)/b7-6+. The average Bonchev–Trinajstić information content (AvgIpc) is 3.10. The molecule has 1 aromatic rings. The van der Waals surface area contributed by atoms with Crippen molar-refractivity contribution in [1.29, 1.82) is 0 Å². The van der Waals surface area contributed by atoms with Gasteiger partial charge in [0.25, 0.3) is 5.91 Å². The number of carboxylic acid groups (broad SMARTS) is 1. The Labute approximate surface area is 118 Å². The van der Waals surface area contributed by atoms with Gasteiger partial charge in [0.15, 0.2) is 0 Å². The molecule has 1 aliphatic carbocycles. The molecular weight excluding hydrogens is 254 g/mol. The fraction of sp³-hybridized carbons (Fsp3) is 0.375. The first-order valence-electron chi connectivity index (χ1n) is 6.78. The molecule has 4 nitrogen and oxygen atoms in total. The molecule has 4 heteroatoms. The van der Waals surface area contributed by atoms with E-state index in [1.54, 1.807) is 18.2 Å². The Morgan fingerprint density at radius 3 is 2.75 bits per heavy atom. The number of nitrogens with one attached hydrogen (secondary N) is 1. The lowest BCUT2D eigenvalue weighted by Gasteiger charge is -2.09. The van der Waals surface area contributed by atoms with Crippen LogP contribution in [0.2, 0.25) is 0 Å². The number of hydrogen-bond acceptors (Lipinski definition) is 2. The fourth-order valence-corrected chi connectivity index (χ4v) is 2.24. The van der Waals surface area contributed by atoms with E-state index in [9.17, 15) is 9.59 Å². The molecule has 2 atom stereocenters. The lowest BCUT2D eigenvalue weighted by Crippen LogP contribution is -2.26. The van der Waals surface area contributed by atoms with E-state index in [2.05, 4.69) is 12.2 Å². The summed E-state index contributed by atoms with van der Waals surface area (Å²) in [5, 5.41) is 11.6.